The Labute approximate surface area is 106 Å². The number of carboxylic acids is 1. The van der Waals surface area contributed by atoms with Crippen molar-refractivity contribution in [2.24, 2.45) is 5.92 Å². The summed E-state index contributed by atoms with van der Waals surface area (Å²) in [5, 5.41) is 12.3. The number of hydrogen-bond acceptors (Lipinski definition) is 4. The third kappa shape index (κ3) is 4.17. The number of carbonyl (C=O) groups is 1. The summed E-state index contributed by atoms with van der Waals surface area (Å²) < 4.78 is 36.9. The van der Waals surface area contributed by atoms with E-state index in [1.165, 1.54) is 0 Å². The van der Waals surface area contributed by atoms with E-state index in [0.29, 0.717) is 6.42 Å². The molecule has 102 valence electrons. The number of hydrogen-bond donors (Lipinski definition) is 2. The van der Waals surface area contributed by atoms with Crippen LogP contribution < -0.4 is 5.32 Å². The number of halogens is 3. The van der Waals surface area contributed by atoms with Crippen molar-refractivity contribution in [2.45, 2.75) is 32.5 Å². The molecule has 8 heteroatoms. The van der Waals surface area contributed by atoms with Crippen LogP contribution in [0, 0.1) is 5.92 Å². The van der Waals surface area contributed by atoms with Crippen LogP contribution in [0.1, 0.15) is 26.0 Å². The lowest BCUT2D eigenvalue weighted by atomic mass is 10.0. The number of carboxylic acid groups (broad SMARTS) is 1. The molecule has 0 radical (unpaired) electrons. The predicted octanol–water partition coefficient (Wildman–Crippen LogP) is 3.07. The maximum absolute atomic E-state index is 12.3. The van der Waals surface area contributed by atoms with Gasteiger partial charge in [-0.05, 0) is 12.3 Å². The summed E-state index contributed by atoms with van der Waals surface area (Å²) in [5.74, 6) is -0.992. The van der Waals surface area contributed by atoms with Crippen molar-refractivity contribution < 1.29 is 23.1 Å². The van der Waals surface area contributed by atoms with Crippen LogP contribution in [-0.2, 0) is 11.0 Å². The second-order valence-corrected chi connectivity index (χ2v) is 5.06. The second kappa shape index (κ2) is 5.55. The number of thiazole rings is 1. The fraction of sp³-hybridized carbons (Fsp3) is 0.600. The van der Waals surface area contributed by atoms with Crippen molar-refractivity contribution in [3.05, 3.63) is 11.1 Å². The molecule has 0 aliphatic carbocycles. The molecule has 2 N–H and O–H groups in total. The zero-order chi connectivity index (χ0) is 13.9. The van der Waals surface area contributed by atoms with E-state index in [1.54, 1.807) is 0 Å². The zero-order valence-corrected chi connectivity index (χ0v) is 10.6. The quantitative estimate of drug-likeness (QED) is 0.871. The van der Waals surface area contributed by atoms with Crippen molar-refractivity contribution in [1.29, 1.82) is 0 Å². The van der Waals surface area contributed by atoms with Gasteiger partial charge in [-0.1, -0.05) is 13.8 Å². The Bertz CT molecular complexity index is 418. The average molecular weight is 282 g/mol. The topological polar surface area (TPSA) is 62.2 Å². The van der Waals surface area contributed by atoms with Crippen LogP contribution in [0.25, 0.3) is 0 Å². The molecule has 1 aromatic heterocycles. The van der Waals surface area contributed by atoms with E-state index in [9.17, 15) is 18.0 Å². The van der Waals surface area contributed by atoms with Crippen molar-refractivity contribution >= 4 is 22.4 Å². The van der Waals surface area contributed by atoms with Crippen molar-refractivity contribution in [3.8, 4) is 0 Å². The molecule has 1 heterocycles. The number of nitrogens with zero attached hydrogens (tertiary/aromatic N) is 1. The third-order valence-corrected chi connectivity index (χ3v) is 2.87. The maximum Gasteiger partial charge on any atom is 0.434 e. The molecule has 0 aromatic carbocycles. The van der Waals surface area contributed by atoms with E-state index < -0.39 is 23.9 Å². The normalized spacial score (nSPS) is 13.7. The van der Waals surface area contributed by atoms with Crippen molar-refractivity contribution in [3.63, 3.8) is 0 Å². The molecule has 0 saturated heterocycles. The average Bonchev–Trinajstić information content (AvgIpc) is 2.63. The van der Waals surface area contributed by atoms with Gasteiger partial charge >= 0.3 is 12.1 Å². The van der Waals surface area contributed by atoms with E-state index in [4.69, 9.17) is 5.11 Å². The zero-order valence-electron chi connectivity index (χ0n) is 9.78. The minimum atomic E-state index is -4.51. The van der Waals surface area contributed by atoms with Crippen LogP contribution in [0.15, 0.2) is 5.38 Å². The Balaban J connectivity index is 2.76. The van der Waals surface area contributed by atoms with Crippen molar-refractivity contribution in [1.82, 2.24) is 4.98 Å². The SMILES string of the molecule is CC(C)CC(Nc1nc(C(F)(F)F)cs1)C(=O)O. The largest absolute Gasteiger partial charge is 0.480 e. The minimum absolute atomic E-state index is 0.0321. The lowest BCUT2D eigenvalue weighted by Gasteiger charge is -2.15. The number of anilines is 1. The highest BCUT2D eigenvalue weighted by atomic mass is 32.1. The first kappa shape index (κ1) is 14.7. The van der Waals surface area contributed by atoms with E-state index in [-0.39, 0.29) is 11.0 Å². The first-order chi connectivity index (χ1) is 8.20. The van der Waals surface area contributed by atoms with Crippen LogP contribution in [0.4, 0.5) is 18.3 Å². The molecule has 18 heavy (non-hydrogen) atoms. The van der Waals surface area contributed by atoms with Crippen LogP contribution in [0.3, 0.4) is 0 Å². The van der Waals surface area contributed by atoms with Crippen molar-refractivity contribution in [2.75, 3.05) is 5.32 Å². The fourth-order valence-corrected chi connectivity index (χ4v) is 2.08. The van der Waals surface area contributed by atoms with Gasteiger partial charge in [-0.15, -0.1) is 11.3 Å². The molecule has 4 nitrogen and oxygen atoms in total. The Morgan fingerprint density at radius 3 is 2.56 bits per heavy atom. The Morgan fingerprint density at radius 1 is 1.56 bits per heavy atom. The molecule has 0 aliphatic heterocycles. The molecule has 1 aromatic rings. The molecular weight excluding hydrogens is 269 g/mol. The maximum atomic E-state index is 12.3. The van der Waals surface area contributed by atoms with Gasteiger partial charge in [-0.3, -0.25) is 0 Å². The Kier molecular flexibility index (Phi) is 4.55. The fourth-order valence-electron chi connectivity index (χ4n) is 1.31. The van der Waals surface area contributed by atoms with E-state index >= 15 is 0 Å². The van der Waals surface area contributed by atoms with Gasteiger partial charge in [0.05, 0.1) is 0 Å². The third-order valence-electron chi connectivity index (χ3n) is 2.10. The highest BCUT2D eigenvalue weighted by Gasteiger charge is 2.34. The van der Waals surface area contributed by atoms with Gasteiger partial charge in [0, 0.05) is 5.38 Å². The summed E-state index contributed by atoms with van der Waals surface area (Å²) in [6, 6.07) is -0.933. The van der Waals surface area contributed by atoms with E-state index in [2.05, 4.69) is 10.3 Å². The molecule has 1 unspecified atom stereocenters. The monoisotopic (exact) mass is 282 g/mol. The summed E-state index contributed by atoms with van der Waals surface area (Å²) in [6.45, 7) is 3.67. The lowest BCUT2D eigenvalue weighted by Crippen LogP contribution is -2.30. The summed E-state index contributed by atoms with van der Waals surface area (Å²) in [7, 11) is 0. The van der Waals surface area contributed by atoms with Gasteiger partial charge in [0.2, 0.25) is 0 Å². The lowest BCUT2D eigenvalue weighted by molar-refractivity contribution is -0.140. The van der Waals surface area contributed by atoms with Gasteiger partial charge < -0.3 is 10.4 Å². The predicted molar refractivity (Wildman–Crippen MR) is 61.6 cm³/mol. The van der Waals surface area contributed by atoms with E-state index in [1.807, 2.05) is 13.8 Å². The second-order valence-electron chi connectivity index (χ2n) is 4.20. The minimum Gasteiger partial charge on any atom is -0.480 e. The molecule has 0 spiro atoms. The summed E-state index contributed by atoms with van der Waals surface area (Å²) >= 11 is 0.744. The molecular formula is C10H13F3N2O2S. The molecule has 0 bridgehead atoms. The van der Waals surface area contributed by atoms with Gasteiger partial charge in [0.15, 0.2) is 10.8 Å². The molecule has 1 atom stereocenters. The Morgan fingerprint density at radius 2 is 2.17 bits per heavy atom. The van der Waals surface area contributed by atoms with Crippen LogP contribution in [0.2, 0.25) is 0 Å². The van der Waals surface area contributed by atoms with Gasteiger partial charge in [0.25, 0.3) is 0 Å². The highest BCUT2D eigenvalue weighted by molar-refractivity contribution is 7.13. The standard InChI is InChI=1S/C10H13F3N2O2S/c1-5(2)3-6(8(16)17)14-9-15-7(4-18-9)10(11,12)13/h4-6H,3H2,1-2H3,(H,14,15)(H,16,17). The van der Waals surface area contributed by atoms with Crippen LogP contribution in [0.5, 0.6) is 0 Å². The number of alkyl halides is 3. The molecule has 0 amide bonds. The summed E-state index contributed by atoms with van der Waals surface area (Å²) in [5.41, 5.74) is -1.01. The molecule has 1 rings (SSSR count). The smallest absolute Gasteiger partial charge is 0.434 e. The Hall–Kier alpha value is -1.31. The van der Waals surface area contributed by atoms with Gasteiger partial charge in [-0.25, -0.2) is 9.78 Å². The number of aromatic nitrogens is 1. The first-order valence-corrected chi connectivity index (χ1v) is 6.10. The van der Waals surface area contributed by atoms with Gasteiger partial charge in [-0.2, -0.15) is 13.2 Å². The summed E-state index contributed by atoms with van der Waals surface area (Å²) in [6.07, 6.45) is -4.19. The number of rotatable bonds is 5. The van der Waals surface area contributed by atoms with Crippen LogP contribution >= 0.6 is 11.3 Å². The van der Waals surface area contributed by atoms with Gasteiger partial charge in [0.1, 0.15) is 6.04 Å². The highest BCUT2D eigenvalue weighted by Crippen LogP contribution is 2.32. The molecule has 0 aliphatic rings. The molecule has 0 saturated carbocycles. The first-order valence-electron chi connectivity index (χ1n) is 5.22. The van der Waals surface area contributed by atoms with Crippen LogP contribution in [-0.4, -0.2) is 22.1 Å². The number of aliphatic carboxylic acids is 1. The number of nitrogens with one attached hydrogen (secondary N) is 1. The summed E-state index contributed by atoms with van der Waals surface area (Å²) in [4.78, 5) is 14.3. The molecule has 0 fully saturated rings. The van der Waals surface area contributed by atoms with E-state index in [0.717, 1.165) is 16.7 Å².